The summed E-state index contributed by atoms with van der Waals surface area (Å²) in [5.41, 5.74) is 2.43. The predicted octanol–water partition coefficient (Wildman–Crippen LogP) is 2.29. The van der Waals surface area contributed by atoms with Crippen molar-refractivity contribution in [1.82, 2.24) is 15.1 Å². The molecule has 1 amide bonds. The largest absolute Gasteiger partial charge is 0.336 e. The number of rotatable bonds is 1. The minimum absolute atomic E-state index is 0.132. The number of H-pyrrole nitrogens is 1. The highest BCUT2D eigenvalue weighted by atomic mass is 16.2. The van der Waals surface area contributed by atoms with Gasteiger partial charge in [0.1, 0.15) is 0 Å². The molecular formula is C13H21N3O. The van der Waals surface area contributed by atoms with Gasteiger partial charge in [0.05, 0.1) is 11.3 Å². The molecule has 0 radical (unpaired) electrons. The molecule has 0 aromatic carbocycles. The number of amides is 1. The van der Waals surface area contributed by atoms with Gasteiger partial charge in [-0.25, -0.2) is 0 Å². The van der Waals surface area contributed by atoms with E-state index in [0.29, 0.717) is 12.0 Å². The Hall–Kier alpha value is -1.32. The number of hydrogen-bond acceptors (Lipinski definition) is 2. The maximum absolute atomic E-state index is 12.5. The van der Waals surface area contributed by atoms with E-state index in [1.807, 2.05) is 18.7 Å². The first-order chi connectivity index (χ1) is 8.02. The Morgan fingerprint density at radius 1 is 1.41 bits per heavy atom. The van der Waals surface area contributed by atoms with Crippen molar-refractivity contribution in [3.8, 4) is 0 Å². The van der Waals surface area contributed by atoms with E-state index in [9.17, 15) is 4.79 Å². The Labute approximate surface area is 102 Å². The number of piperidine rings is 1. The van der Waals surface area contributed by atoms with Crippen LogP contribution in [0, 0.1) is 19.8 Å². The molecule has 1 fully saturated rings. The molecule has 17 heavy (non-hydrogen) atoms. The number of nitrogens with one attached hydrogen (secondary N) is 1. The summed E-state index contributed by atoms with van der Waals surface area (Å²) < 4.78 is 0. The van der Waals surface area contributed by atoms with Crippen molar-refractivity contribution < 1.29 is 4.79 Å². The number of nitrogens with zero attached hydrogens (tertiary/aromatic N) is 2. The molecule has 0 bridgehead atoms. The molecule has 1 aromatic heterocycles. The van der Waals surface area contributed by atoms with Crippen molar-refractivity contribution in [2.75, 3.05) is 6.54 Å². The van der Waals surface area contributed by atoms with Crippen LogP contribution in [0.4, 0.5) is 0 Å². The Morgan fingerprint density at radius 3 is 2.71 bits per heavy atom. The molecule has 2 heterocycles. The zero-order valence-electron chi connectivity index (χ0n) is 11.1. The molecule has 1 aliphatic rings. The van der Waals surface area contributed by atoms with Crippen LogP contribution in [-0.2, 0) is 0 Å². The molecule has 1 N–H and O–H groups in total. The van der Waals surface area contributed by atoms with Crippen molar-refractivity contribution in [1.29, 1.82) is 0 Å². The summed E-state index contributed by atoms with van der Waals surface area (Å²) in [4.78, 5) is 14.5. The smallest absolute Gasteiger partial charge is 0.257 e. The minimum Gasteiger partial charge on any atom is -0.336 e. The van der Waals surface area contributed by atoms with Gasteiger partial charge in [-0.2, -0.15) is 5.10 Å². The van der Waals surface area contributed by atoms with Gasteiger partial charge < -0.3 is 4.90 Å². The first kappa shape index (κ1) is 12.1. The molecular weight excluding hydrogens is 214 g/mol. The van der Waals surface area contributed by atoms with Gasteiger partial charge in [0.2, 0.25) is 0 Å². The molecule has 1 saturated heterocycles. The summed E-state index contributed by atoms with van der Waals surface area (Å²) in [6.07, 6.45) is 2.32. The second-order valence-corrected chi connectivity index (χ2v) is 5.17. The monoisotopic (exact) mass is 235 g/mol. The lowest BCUT2D eigenvalue weighted by molar-refractivity contribution is 0.0549. The average molecular weight is 235 g/mol. The molecule has 1 aromatic rings. The third-order valence-corrected chi connectivity index (χ3v) is 3.98. The Kier molecular flexibility index (Phi) is 3.22. The van der Waals surface area contributed by atoms with E-state index >= 15 is 0 Å². The summed E-state index contributed by atoms with van der Waals surface area (Å²) in [6, 6.07) is 0.324. The normalized spacial score (nSPS) is 25.1. The van der Waals surface area contributed by atoms with Gasteiger partial charge in [0, 0.05) is 18.3 Å². The second kappa shape index (κ2) is 4.51. The Morgan fingerprint density at radius 2 is 2.12 bits per heavy atom. The number of carbonyl (C=O) groups is 1. The molecule has 1 aliphatic heterocycles. The first-order valence-electron chi connectivity index (χ1n) is 6.35. The fraction of sp³-hybridized carbons (Fsp3) is 0.692. The highest BCUT2D eigenvalue weighted by molar-refractivity contribution is 5.96. The summed E-state index contributed by atoms with van der Waals surface area (Å²) in [6.45, 7) is 9.03. The molecule has 0 spiro atoms. The Bertz CT molecular complexity index is 405. The van der Waals surface area contributed by atoms with E-state index in [0.717, 1.165) is 29.9 Å². The zero-order chi connectivity index (χ0) is 12.6. The predicted molar refractivity (Wildman–Crippen MR) is 67.0 cm³/mol. The van der Waals surface area contributed by atoms with Crippen molar-refractivity contribution in [2.45, 2.75) is 46.6 Å². The zero-order valence-corrected chi connectivity index (χ0v) is 11.1. The highest BCUT2D eigenvalue weighted by Crippen LogP contribution is 2.25. The van der Waals surface area contributed by atoms with Crippen molar-refractivity contribution in [2.24, 2.45) is 5.92 Å². The van der Waals surface area contributed by atoms with E-state index in [-0.39, 0.29) is 5.91 Å². The van der Waals surface area contributed by atoms with Crippen LogP contribution in [0.25, 0.3) is 0 Å². The van der Waals surface area contributed by atoms with Gasteiger partial charge in [0.15, 0.2) is 0 Å². The quantitative estimate of drug-likeness (QED) is 0.812. The van der Waals surface area contributed by atoms with E-state index < -0.39 is 0 Å². The summed E-state index contributed by atoms with van der Waals surface area (Å²) in [7, 11) is 0. The topological polar surface area (TPSA) is 49.0 Å². The summed E-state index contributed by atoms with van der Waals surface area (Å²) >= 11 is 0. The SMILES string of the molecule is Cc1n[nH]c(C)c1C(=O)N1CCCC(C)C1C. The van der Waals surface area contributed by atoms with Crippen LogP contribution in [0.3, 0.4) is 0 Å². The third-order valence-electron chi connectivity index (χ3n) is 3.98. The van der Waals surface area contributed by atoms with Crippen molar-refractivity contribution in [3.63, 3.8) is 0 Å². The second-order valence-electron chi connectivity index (χ2n) is 5.17. The van der Waals surface area contributed by atoms with E-state index in [4.69, 9.17) is 0 Å². The Balaban J connectivity index is 2.25. The average Bonchev–Trinajstić information content (AvgIpc) is 2.62. The maximum Gasteiger partial charge on any atom is 0.257 e. The van der Waals surface area contributed by atoms with E-state index in [1.54, 1.807) is 0 Å². The van der Waals surface area contributed by atoms with Gasteiger partial charge in [-0.3, -0.25) is 9.89 Å². The van der Waals surface area contributed by atoms with Crippen LogP contribution < -0.4 is 0 Å². The van der Waals surface area contributed by atoms with Crippen LogP contribution in [0.15, 0.2) is 0 Å². The van der Waals surface area contributed by atoms with E-state index in [1.165, 1.54) is 6.42 Å². The fourth-order valence-electron chi connectivity index (χ4n) is 2.63. The van der Waals surface area contributed by atoms with Crippen LogP contribution >= 0.6 is 0 Å². The molecule has 0 aliphatic carbocycles. The lowest BCUT2D eigenvalue weighted by Gasteiger charge is -2.38. The number of carbonyl (C=O) groups excluding carboxylic acids is 1. The molecule has 4 heteroatoms. The van der Waals surface area contributed by atoms with Gasteiger partial charge >= 0.3 is 0 Å². The molecule has 4 nitrogen and oxygen atoms in total. The van der Waals surface area contributed by atoms with Crippen molar-refractivity contribution >= 4 is 5.91 Å². The number of hydrogen-bond donors (Lipinski definition) is 1. The van der Waals surface area contributed by atoms with Crippen LogP contribution in [0.2, 0.25) is 0 Å². The maximum atomic E-state index is 12.5. The molecule has 0 saturated carbocycles. The molecule has 2 atom stereocenters. The molecule has 2 unspecified atom stereocenters. The van der Waals surface area contributed by atoms with Crippen LogP contribution in [0.1, 0.15) is 48.4 Å². The van der Waals surface area contributed by atoms with Gasteiger partial charge in [-0.1, -0.05) is 6.92 Å². The first-order valence-corrected chi connectivity index (χ1v) is 6.35. The highest BCUT2D eigenvalue weighted by Gasteiger charge is 2.31. The van der Waals surface area contributed by atoms with Crippen LogP contribution in [0.5, 0.6) is 0 Å². The number of aryl methyl sites for hydroxylation is 2. The fourth-order valence-corrected chi connectivity index (χ4v) is 2.63. The van der Waals surface area contributed by atoms with Gasteiger partial charge in [0.25, 0.3) is 5.91 Å². The molecule has 94 valence electrons. The van der Waals surface area contributed by atoms with Gasteiger partial charge in [-0.05, 0) is 39.5 Å². The number of aromatic amines is 1. The molecule has 2 rings (SSSR count). The van der Waals surface area contributed by atoms with Gasteiger partial charge in [-0.15, -0.1) is 0 Å². The van der Waals surface area contributed by atoms with E-state index in [2.05, 4.69) is 24.0 Å². The van der Waals surface area contributed by atoms with Crippen LogP contribution in [-0.4, -0.2) is 33.6 Å². The summed E-state index contributed by atoms with van der Waals surface area (Å²) in [5, 5.41) is 6.99. The lowest BCUT2D eigenvalue weighted by Crippen LogP contribution is -2.46. The lowest BCUT2D eigenvalue weighted by atomic mass is 9.91. The minimum atomic E-state index is 0.132. The standard InChI is InChI=1S/C13H21N3O/c1-8-6-5-7-16(11(8)4)13(17)12-9(2)14-15-10(12)3/h8,11H,5-7H2,1-4H3,(H,14,15). The number of aromatic nitrogens is 2. The summed E-state index contributed by atoms with van der Waals surface area (Å²) in [5.74, 6) is 0.716. The van der Waals surface area contributed by atoms with Crippen molar-refractivity contribution in [3.05, 3.63) is 17.0 Å². The third kappa shape index (κ3) is 2.08. The number of likely N-dealkylation sites (tertiary alicyclic amines) is 1.